The number of nitrogens with one attached hydrogen (secondary N) is 1. The molecule has 15 heteroatoms. The van der Waals surface area contributed by atoms with Crippen LogP contribution in [0.15, 0.2) is 48.5 Å². The molecule has 8 rings (SSSR count). The molecule has 2 aliphatic heterocycles. The standard InChI is InChI=1S/C22H25N3O3S2.C20H23N3O2S2/c1-12-10-25(21(27)28-22(3,4)5)11-16-17(12)18(19(30-16)23-13(2)26)20-24-14-8-6-7-9-15(14)29-20;1-11-9-23(19(24)25-20(2,3)4)10-14-15(11)16(17(21)26-14)18-22-12-7-5-6-8-13(12)27-18/h6-9,12H,10-11H2,1-5H3,(H,23,26);5-8,11H,9-10,21H2,1-4H3. The summed E-state index contributed by atoms with van der Waals surface area (Å²) in [6.07, 6.45) is -0.579. The van der Waals surface area contributed by atoms with Crippen molar-refractivity contribution in [1.82, 2.24) is 19.8 Å². The van der Waals surface area contributed by atoms with Gasteiger partial charge in [-0.15, -0.1) is 45.3 Å². The van der Waals surface area contributed by atoms with Gasteiger partial charge in [0, 0.05) is 52.7 Å². The Balaban J connectivity index is 0.000000175. The third-order valence-corrected chi connectivity index (χ3v) is 13.6. The largest absolute Gasteiger partial charge is 0.444 e. The van der Waals surface area contributed by atoms with Crippen molar-refractivity contribution in [3.05, 3.63) is 69.4 Å². The van der Waals surface area contributed by atoms with E-state index in [9.17, 15) is 14.4 Å². The number of para-hydroxylation sites is 2. The molecule has 4 aromatic heterocycles. The molecule has 11 nitrogen and oxygen atoms in total. The lowest BCUT2D eigenvalue weighted by Gasteiger charge is -2.33. The number of fused-ring (bicyclic) bond motifs is 4. The zero-order valence-corrected chi connectivity index (χ0v) is 36.9. The number of carbonyl (C=O) groups excluding carboxylic acids is 3. The minimum atomic E-state index is -0.538. The van der Waals surface area contributed by atoms with Gasteiger partial charge in [-0.1, -0.05) is 38.1 Å². The van der Waals surface area contributed by atoms with Crippen molar-refractivity contribution in [3.8, 4) is 21.1 Å². The summed E-state index contributed by atoms with van der Waals surface area (Å²) < 4.78 is 13.4. The van der Waals surface area contributed by atoms with Crippen LogP contribution in [-0.2, 0) is 27.4 Å². The summed E-state index contributed by atoms with van der Waals surface area (Å²) in [5, 5.41) is 6.42. The molecule has 0 aliphatic carbocycles. The molecule has 0 saturated heterocycles. The Hall–Kier alpha value is -4.57. The highest BCUT2D eigenvalue weighted by Gasteiger charge is 2.36. The van der Waals surface area contributed by atoms with E-state index in [0.29, 0.717) is 26.2 Å². The minimum Gasteiger partial charge on any atom is -0.444 e. The lowest BCUT2D eigenvalue weighted by molar-refractivity contribution is -0.114. The molecule has 0 saturated carbocycles. The molecular formula is C42H48N6O5S4. The van der Waals surface area contributed by atoms with E-state index < -0.39 is 11.2 Å². The molecule has 6 aromatic rings. The number of nitrogens with two attached hydrogens (primary N) is 1. The Bertz CT molecular complexity index is 2420. The van der Waals surface area contributed by atoms with E-state index >= 15 is 0 Å². The van der Waals surface area contributed by atoms with E-state index in [1.807, 2.05) is 77.9 Å². The first-order chi connectivity index (χ1) is 26.8. The summed E-state index contributed by atoms with van der Waals surface area (Å²) in [6, 6.07) is 16.2. The molecule has 2 unspecified atom stereocenters. The summed E-state index contributed by atoms with van der Waals surface area (Å²) in [6.45, 7) is 19.2. The molecule has 3 N–H and O–H groups in total. The van der Waals surface area contributed by atoms with Gasteiger partial charge in [0.25, 0.3) is 0 Å². The molecule has 2 atom stereocenters. The smallest absolute Gasteiger partial charge is 0.410 e. The topological polar surface area (TPSA) is 140 Å². The summed E-state index contributed by atoms with van der Waals surface area (Å²) in [4.78, 5) is 52.4. The Morgan fingerprint density at radius 2 is 1.14 bits per heavy atom. The summed E-state index contributed by atoms with van der Waals surface area (Å²) >= 11 is 6.38. The second kappa shape index (κ2) is 15.6. The SMILES string of the molecule is CC(=O)Nc1sc2c(c1-c1nc3ccccc3s1)C(C)CN(C(=O)OC(C)(C)C)C2.CC1CN(C(=O)OC(C)(C)C)Cc2sc(N)c(-c3nc4ccccc4s3)c21. The van der Waals surface area contributed by atoms with Gasteiger partial charge in [-0.2, -0.15) is 0 Å². The molecule has 0 radical (unpaired) electrons. The van der Waals surface area contributed by atoms with Crippen LogP contribution in [0.1, 0.15) is 95.0 Å². The van der Waals surface area contributed by atoms with Gasteiger partial charge in [-0.25, -0.2) is 19.6 Å². The third kappa shape index (κ3) is 8.81. The number of anilines is 2. The number of aromatic nitrogens is 2. The molecule has 3 amide bonds. The van der Waals surface area contributed by atoms with Crippen LogP contribution in [0.4, 0.5) is 19.6 Å². The average molecular weight is 845 g/mol. The van der Waals surface area contributed by atoms with E-state index in [1.54, 1.807) is 43.8 Å². The zero-order valence-electron chi connectivity index (χ0n) is 33.6. The van der Waals surface area contributed by atoms with Gasteiger partial charge in [0.05, 0.1) is 38.5 Å². The van der Waals surface area contributed by atoms with E-state index in [1.165, 1.54) is 29.4 Å². The maximum atomic E-state index is 12.7. The fraction of sp³-hybridized carbons (Fsp3) is 0.405. The van der Waals surface area contributed by atoms with E-state index in [0.717, 1.165) is 61.3 Å². The number of hydrogen-bond acceptors (Lipinski definition) is 12. The second-order valence-corrected chi connectivity index (χ2v) is 20.8. The monoisotopic (exact) mass is 844 g/mol. The summed E-state index contributed by atoms with van der Waals surface area (Å²) in [5.41, 5.74) is 11.8. The van der Waals surface area contributed by atoms with Crippen LogP contribution in [0.3, 0.4) is 0 Å². The third-order valence-electron chi connectivity index (χ3n) is 9.32. The van der Waals surface area contributed by atoms with Crippen molar-refractivity contribution in [2.24, 2.45) is 0 Å². The zero-order chi connectivity index (χ0) is 41.0. The Morgan fingerprint density at radius 1 is 0.702 bits per heavy atom. The van der Waals surface area contributed by atoms with E-state index in [4.69, 9.17) is 25.2 Å². The average Bonchev–Trinajstić information content (AvgIpc) is 3.88. The van der Waals surface area contributed by atoms with Gasteiger partial charge in [0.1, 0.15) is 26.2 Å². The molecular weight excluding hydrogens is 797 g/mol. The predicted octanol–water partition coefficient (Wildman–Crippen LogP) is 11.3. The van der Waals surface area contributed by atoms with Crippen LogP contribution < -0.4 is 11.1 Å². The van der Waals surface area contributed by atoms with Gasteiger partial charge >= 0.3 is 12.2 Å². The van der Waals surface area contributed by atoms with Gasteiger partial charge in [0.15, 0.2) is 0 Å². The van der Waals surface area contributed by atoms with Crippen molar-refractivity contribution in [1.29, 1.82) is 0 Å². The van der Waals surface area contributed by atoms with Crippen LogP contribution in [0.25, 0.3) is 41.6 Å². The van der Waals surface area contributed by atoms with Gasteiger partial charge in [-0.3, -0.25) is 4.79 Å². The van der Waals surface area contributed by atoms with Gasteiger partial charge in [0.2, 0.25) is 5.91 Å². The Labute approximate surface area is 348 Å². The number of thiophene rings is 2. The van der Waals surface area contributed by atoms with Crippen molar-refractivity contribution in [3.63, 3.8) is 0 Å². The van der Waals surface area contributed by atoms with Crippen LogP contribution in [0, 0.1) is 0 Å². The number of rotatable bonds is 3. The molecule has 57 heavy (non-hydrogen) atoms. The Morgan fingerprint density at radius 3 is 1.60 bits per heavy atom. The lowest BCUT2D eigenvalue weighted by Crippen LogP contribution is -2.40. The van der Waals surface area contributed by atoms with Crippen LogP contribution in [-0.4, -0.2) is 62.2 Å². The lowest BCUT2D eigenvalue weighted by atomic mass is 9.93. The van der Waals surface area contributed by atoms with Crippen LogP contribution in [0.2, 0.25) is 0 Å². The van der Waals surface area contributed by atoms with Crippen molar-refractivity contribution in [2.75, 3.05) is 24.1 Å². The first kappa shape index (κ1) is 40.6. The maximum Gasteiger partial charge on any atom is 0.410 e. The second-order valence-electron chi connectivity index (χ2n) is 16.5. The minimum absolute atomic E-state index is 0.0991. The van der Waals surface area contributed by atoms with Crippen molar-refractivity contribution < 1.29 is 23.9 Å². The predicted molar refractivity (Wildman–Crippen MR) is 235 cm³/mol. The molecule has 0 bridgehead atoms. The van der Waals surface area contributed by atoms with Gasteiger partial charge < -0.3 is 30.3 Å². The molecule has 2 aliphatic rings. The van der Waals surface area contributed by atoms with Gasteiger partial charge in [-0.05, 0) is 76.9 Å². The number of carbonyl (C=O) groups is 3. The first-order valence-corrected chi connectivity index (χ1v) is 22.1. The maximum absolute atomic E-state index is 12.7. The van der Waals surface area contributed by atoms with Crippen molar-refractivity contribution >= 4 is 93.9 Å². The first-order valence-electron chi connectivity index (χ1n) is 18.9. The number of ether oxygens (including phenoxy) is 2. The number of thiazole rings is 2. The number of hydrogen-bond donors (Lipinski definition) is 2. The molecule has 0 fully saturated rings. The quantitative estimate of drug-likeness (QED) is 0.179. The highest BCUT2D eigenvalue weighted by Crippen LogP contribution is 2.50. The number of amides is 3. The fourth-order valence-electron chi connectivity index (χ4n) is 7.17. The highest BCUT2D eigenvalue weighted by atomic mass is 32.1. The van der Waals surface area contributed by atoms with E-state index in [-0.39, 0.29) is 29.9 Å². The number of nitrogens with zero attached hydrogens (tertiary/aromatic N) is 4. The van der Waals surface area contributed by atoms with Crippen LogP contribution >= 0.6 is 45.3 Å². The summed E-state index contributed by atoms with van der Waals surface area (Å²) in [5.74, 6) is 0.159. The van der Waals surface area contributed by atoms with Crippen molar-refractivity contribution in [2.45, 2.75) is 98.4 Å². The number of benzene rings is 2. The van der Waals surface area contributed by atoms with Crippen LogP contribution in [0.5, 0.6) is 0 Å². The molecule has 2 aromatic carbocycles. The molecule has 0 spiro atoms. The summed E-state index contributed by atoms with van der Waals surface area (Å²) in [7, 11) is 0. The normalized spacial score (nSPS) is 16.8. The number of nitrogen functional groups attached to an aromatic ring is 1. The Kier molecular flexibility index (Phi) is 11.2. The molecule has 6 heterocycles. The van der Waals surface area contributed by atoms with E-state index in [2.05, 4.69) is 31.3 Å². The highest BCUT2D eigenvalue weighted by molar-refractivity contribution is 7.23. The fourth-order valence-corrected chi connectivity index (χ4v) is 12.0. The molecule has 300 valence electrons.